The van der Waals surface area contributed by atoms with Gasteiger partial charge >= 0.3 is 0 Å². The first-order valence-electron chi connectivity index (χ1n) is 9.68. The lowest BCUT2D eigenvalue weighted by molar-refractivity contribution is 0.594. The molecule has 0 fully saturated rings. The Morgan fingerprint density at radius 3 is 1.43 bits per heavy atom. The van der Waals surface area contributed by atoms with Crippen molar-refractivity contribution in [2.45, 2.75) is 25.9 Å². The molecule has 146 valence electrons. The zero-order chi connectivity index (χ0) is 19.7. The van der Waals surface area contributed by atoms with Crippen molar-refractivity contribution in [1.29, 1.82) is 0 Å². The maximum atomic E-state index is 12.0. The number of hydrogen-bond donors (Lipinski definition) is 1. The van der Waals surface area contributed by atoms with Gasteiger partial charge in [-0.1, -0.05) is 84.9 Å². The van der Waals surface area contributed by atoms with Crippen LogP contribution in [0.4, 0.5) is 0 Å². The van der Waals surface area contributed by atoms with Gasteiger partial charge in [0.2, 0.25) is 0 Å². The number of fused-ring (bicyclic) bond motifs is 1. The van der Waals surface area contributed by atoms with Gasteiger partial charge in [0.1, 0.15) is 0 Å². The van der Waals surface area contributed by atoms with Crippen molar-refractivity contribution in [3.63, 3.8) is 0 Å². The molecule has 3 aromatic rings. The average Bonchev–Trinajstić information content (AvgIpc) is 3.22. The predicted octanol–water partition coefficient (Wildman–Crippen LogP) is 4.18. The van der Waals surface area contributed by atoms with E-state index in [4.69, 9.17) is 0 Å². The van der Waals surface area contributed by atoms with Gasteiger partial charge in [-0.2, -0.15) is 0 Å². The third-order valence-electron chi connectivity index (χ3n) is 4.84. The summed E-state index contributed by atoms with van der Waals surface area (Å²) >= 11 is 0. The van der Waals surface area contributed by atoms with Gasteiger partial charge in [0.05, 0.1) is 11.5 Å². The van der Waals surface area contributed by atoms with Gasteiger partial charge in [0, 0.05) is 13.1 Å². The van der Waals surface area contributed by atoms with E-state index in [9.17, 15) is 8.42 Å². The summed E-state index contributed by atoms with van der Waals surface area (Å²) in [5.41, 5.74) is 5.06. The van der Waals surface area contributed by atoms with Gasteiger partial charge in [-0.3, -0.25) is 0 Å². The monoisotopic (exact) mass is 393 g/mol. The molecule has 3 aromatic carbocycles. The summed E-state index contributed by atoms with van der Waals surface area (Å²) in [5, 5.41) is 3.29. The molecule has 4 heteroatoms. The van der Waals surface area contributed by atoms with E-state index in [1.165, 1.54) is 11.1 Å². The summed E-state index contributed by atoms with van der Waals surface area (Å²) in [7, 11) is -2.98. The molecule has 28 heavy (non-hydrogen) atoms. The molecule has 0 unspecified atom stereocenters. The van der Waals surface area contributed by atoms with Crippen LogP contribution in [0.5, 0.6) is 0 Å². The topological polar surface area (TPSA) is 46.2 Å². The van der Waals surface area contributed by atoms with Crippen LogP contribution in [0.1, 0.15) is 22.3 Å². The molecule has 0 atom stereocenters. The van der Waals surface area contributed by atoms with Crippen molar-refractivity contribution >= 4 is 9.84 Å². The van der Waals surface area contributed by atoms with Gasteiger partial charge in [0.25, 0.3) is 0 Å². The van der Waals surface area contributed by atoms with Gasteiger partial charge in [-0.15, -0.1) is 0 Å². The SMILES string of the molecule is O=S(=O)(CCc1ccccc1)CCc1ccccc1.c1ccc2c(c1)CNC2. The zero-order valence-corrected chi connectivity index (χ0v) is 16.9. The molecule has 1 aliphatic heterocycles. The lowest BCUT2D eigenvalue weighted by atomic mass is 10.1. The lowest BCUT2D eigenvalue weighted by Crippen LogP contribution is -2.14. The minimum Gasteiger partial charge on any atom is -0.309 e. The highest BCUT2D eigenvalue weighted by Crippen LogP contribution is 2.13. The molecule has 0 radical (unpaired) electrons. The lowest BCUT2D eigenvalue weighted by Gasteiger charge is -2.05. The smallest absolute Gasteiger partial charge is 0.150 e. The van der Waals surface area contributed by atoms with E-state index in [0.29, 0.717) is 12.8 Å². The average molecular weight is 394 g/mol. The minimum absolute atomic E-state index is 0.226. The van der Waals surface area contributed by atoms with E-state index in [2.05, 4.69) is 29.6 Å². The zero-order valence-electron chi connectivity index (χ0n) is 16.1. The fourth-order valence-corrected chi connectivity index (χ4v) is 4.47. The summed E-state index contributed by atoms with van der Waals surface area (Å²) in [5.74, 6) is 0.452. The maximum absolute atomic E-state index is 12.0. The molecule has 1 aliphatic rings. The van der Waals surface area contributed by atoms with E-state index in [1.54, 1.807) is 0 Å². The number of rotatable bonds is 6. The Morgan fingerprint density at radius 1 is 0.607 bits per heavy atom. The molecular formula is C24H27NO2S. The summed E-state index contributed by atoms with van der Waals surface area (Å²) < 4.78 is 24.0. The van der Waals surface area contributed by atoms with Crippen LogP contribution in [-0.4, -0.2) is 19.9 Å². The summed E-state index contributed by atoms with van der Waals surface area (Å²) in [6.07, 6.45) is 1.19. The molecule has 0 aliphatic carbocycles. The number of sulfone groups is 1. The Hall–Kier alpha value is -2.43. The highest BCUT2D eigenvalue weighted by Gasteiger charge is 2.11. The second-order valence-corrected chi connectivity index (χ2v) is 9.30. The van der Waals surface area contributed by atoms with Crippen LogP contribution in [0.25, 0.3) is 0 Å². The van der Waals surface area contributed by atoms with Gasteiger partial charge < -0.3 is 5.32 Å². The van der Waals surface area contributed by atoms with Crippen molar-refractivity contribution in [2.75, 3.05) is 11.5 Å². The second-order valence-electron chi connectivity index (χ2n) is 7.00. The third kappa shape index (κ3) is 6.63. The molecule has 0 spiro atoms. The molecule has 1 N–H and O–H groups in total. The van der Waals surface area contributed by atoms with Crippen LogP contribution in [-0.2, 0) is 35.8 Å². The highest BCUT2D eigenvalue weighted by atomic mass is 32.2. The van der Waals surface area contributed by atoms with Crippen LogP contribution in [0.15, 0.2) is 84.9 Å². The molecule has 3 nitrogen and oxygen atoms in total. The summed E-state index contributed by atoms with van der Waals surface area (Å²) in [6, 6.07) is 28.0. The fraction of sp³-hybridized carbons (Fsp3) is 0.250. The first-order chi connectivity index (χ1) is 13.6. The van der Waals surface area contributed by atoms with Crippen molar-refractivity contribution < 1.29 is 8.42 Å². The van der Waals surface area contributed by atoms with Crippen molar-refractivity contribution in [2.24, 2.45) is 0 Å². The van der Waals surface area contributed by atoms with Crippen LogP contribution in [0.2, 0.25) is 0 Å². The molecule has 0 bridgehead atoms. The van der Waals surface area contributed by atoms with Crippen molar-refractivity contribution in [3.8, 4) is 0 Å². The van der Waals surface area contributed by atoms with Crippen molar-refractivity contribution in [3.05, 3.63) is 107 Å². The van der Waals surface area contributed by atoms with Gasteiger partial charge in [-0.25, -0.2) is 8.42 Å². The normalized spacial score (nSPS) is 12.7. The van der Waals surface area contributed by atoms with E-state index >= 15 is 0 Å². The van der Waals surface area contributed by atoms with Crippen molar-refractivity contribution in [1.82, 2.24) is 5.32 Å². The first kappa shape index (κ1) is 20.3. The van der Waals surface area contributed by atoms with Crippen LogP contribution >= 0.6 is 0 Å². The third-order valence-corrected chi connectivity index (χ3v) is 6.49. The fourth-order valence-electron chi connectivity index (χ4n) is 3.17. The molecule has 0 amide bonds. The number of benzene rings is 3. The molecule has 0 aromatic heterocycles. The Morgan fingerprint density at radius 2 is 1.00 bits per heavy atom. The Kier molecular flexibility index (Phi) is 7.40. The molecule has 4 rings (SSSR count). The minimum atomic E-state index is -2.98. The van der Waals surface area contributed by atoms with Gasteiger partial charge in [0.15, 0.2) is 9.84 Å². The molecule has 1 heterocycles. The second kappa shape index (κ2) is 10.2. The Labute approximate surface area is 168 Å². The number of hydrogen-bond acceptors (Lipinski definition) is 3. The Balaban J connectivity index is 0.000000206. The van der Waals surface area contributed by atoms with E-state index in [0.717, 1.165) is 24.2 Å². The standard InChI is InChI=1S/C16H18O2S.C8H9N/c17-19(18,13-11-15-7-3-1-4-8-15)14-12-16-9-5-2-6-10-16;1-2-4-8-6-9-5-7(8)3-1/h1-10H,11-14H2;1-4,9H,5-6H2. The van der Waals surface area contributed by atoms with Crippen LogP contribution in [0, 0.1) is 0 Å². The quantitative estimate of drug-likeness (QED) is 0.683. The first-order valence-corrected chi connectivity index (χ1v) is 11.5. The molecular weight excluding hydrogens is 366 g/mol. The van der Waals surface area contributed by atoms with E-state index in [1.807, 2.05) is 60.7 Å². The molecule has 0 saturated carbocycles. The predicted molar refractivity (Wildman–Crippen MR) is 116 cm³/mol. The maximum Gasteiger partial charge on any atom is 0.150 e. The number of aryl methyl sites for hydroxylation is 2. The van der Waals surface area contributed by atoms with E-state index in [-0.39, 0.29) is 11.5 Å². The van der Waals surface area contributed by atoms with Crippen LogP contribution in [0.3, 0.4) is 0 Å². The van der Waals surface area contributed by atoms with E-state index < -0.39 is 9.84 Å². The molecule has 0 saturated heterocycles. The largest absolute Gasteiger partial charge is 0.309 e. The number of nitrogens with one attached hydrogen (secondary N) is 1. The van der Waals surface area contributed by atoms with Gasteiger partial charge in [-0.05, 0) is 35.1 Å². The Bertz CT molecular complexity index is 882. The van der Waals surface area contributed by atoms with Crippen LogP contribution < -0.4 is 5.32 Å². The highest BCUT2D eigenvalue weighted by molar-refractivity contribution is 7.91. The summed E-state index contributed by atoms with van der Waals surface area (Å²) in [6.45, 7) is 2.10. The summed E-state index contributed by atoms with van der Waals surface area (Å²) in [4.78, 5) is 0.